The summed E-state index contributed by atoms with van der Waals surface area (Å²) in [5.41, 5.74) is 2.17. The molecule has 24 heavy (non-hydrogen) atoms. The fraction of sp³-hybridized carbons (Fsp3) is 0.353. The van der Waals surface area contributed by atoms with Gasteiger partial charge in [0.2, 0.25) is 0 Å². The molecule has 0 saturated heterocycles. The lowest BCUT2D eigenvalue weighted by molar-refractivity contribution is -0.139. The molecule has 0 saturated carbocycles. The van der Waals surface area contributed by atoms with Gasteiger partial charge in [-0.3, -0.25) is 10.1 Å². The van der Waals surface area contributed by atoms with Crippen LogP contribution in [-0.4, -0.2) is 31.1 Å². The van der Waals surface area contributed by atoms with Crippen molar-refractivity contribution in [3.05, 3.63) is 47.9 Å². The van der Waals surface area contributed by atoms with Gasteiger partial charge in [0.15, 0.2) is 0 Å². The summed E-state index contributed by atoms with van der Waals surface area (Å²) in [6.07, 6.45) is 3.57. The standard InChI is InChI=1S/C17H21N5O2/c1-17(2,3)22-10-11(20-21-22)8-19-15(16(23)24)13-9-18-14-7-5-4-6-12(13)14/h4-7,9-10,15,18-19H,8H2,1-3H3,(H,23,24). The Morgan fingerprint density at radius 1 is 1.38 bits per heavy atom. The number of carboxylic acid groups (broad SMARTS) is 1. The van der Waals surface area contributed by atoms with E-state index in [1.165, 1.54) is 0 Å². The van der Waals surface area contributed by atoms with Crippen LogP contribution in [0, 0.1) is 0 Å². The normalized spacial score (nSPS) is 13.3. The number of hydrogen-bond donors (Lipinski definition) is 3. The number of aromatic amines is 1. The van der Waals surface area contributed by atoms with Crippen LogP contribution in [0.15, 0.2) is 36.7 Å². The summed E-state index contributed by atoms with van der Waals surface area (Å²) in [4.78, 5) is 14.8. The number of benzene rings is 1. The maximum Gasteiger partial charge on any atom is 0.325 e. The number of aliphatic carboxylic acids is 1. The molecule has 1 aromatic carbocycles. The molecular formula is C17H21N5O2. The van der Waals surface area contributed by atoms with Crippen molar-refractivity contribution in [3.63, 3.8) is 0 Å². The summed E-state index contributed by atoms with van der Waals surface area (Å²) < 4.78 is 1.77. The number of nitrogens with one attached hydrogen (secondary N) is 2. The van der Waals surface area contributed by atoms with Crippen molar-refractivity contribution in [1.29, 1.82) is 0 Å². The maximum absolute atomic E-state index is 11.7. The zero-order valence-electron chi connectivity index (χ0n) is 13.9. The average Bonchev–Trinajstić information content (AvgIpc) is 3.14. The van der Waals surface area contributed by atoms with Gasteiger partial charge in [0.25, 0.3) is 0 Å². The Kier molecular flexibility index (Phi) is 4.11. The Labute approximate surface area is 139 Å². The quantitative estimate of drug-likeness (QED) is 0.669. The van der Waals surface area contributed by atoms with E-state index in [1.807, 2.05) is 51.2 Å². The molecule has 0 aliphatic heterocycles. The second-order valence-electron chi connectivity index (χ2n) is 6.77. The smallest absolute Gasteiger partial charge is 0.325 e. The SMILES string of the molecule is CC(C)(C)n1cc(CNC(C(=O)O)c2c[nH]c3ccccc23)nn1. The number of carbonyl (C=O) groups is 1. The van der Waals surface area contributed by atoms with Crippen molar-refractivity contribution in [2.24, 2.45) is 0 Å². The minimum atomic E-state index is -0.928. The van der Waals surface area contributed by atoms with Gasteiger partial charge in [0.1, 0.15) is 6.04 Å². The first kappa shape index (κ1) is 16.2. The van der Waals surface area contributed by atoms with Crippen LogP contribution in [0.2, 0.25) is 0 Å². The van der Waals surface area contributed by atoms with Crippen LogP contribution in [0.4, 0.5) is 0 Å². The Balaban J connectivity index is 1.80. The molecule has 1 atom stereocenters. The molecule has 0 amide bonds. The molecule has 3 aromatic rings. The molecule has 126 valence electrons. The number of hydrogen-bond acceptors (Lipinski definition) is 4. The first-order chi connectivity index (χ1) is 11.4. The highest BCUT2D eigenvalue weighted by Gasteiger charge is 2.23. The summed E-state index contributed by atoms with van der Waals surface area (Å²) in [5, 5.41) is 21.8. The minimum absolute atomic E-state index is 0.158. The highest BCUT2D eigenvalue weighted by Crippen LogP contribution is 2.24. The third-order valence-electron chi connectivity index (χ3n) is 3.89. The monoisotopic (exact) mass is 327 g/mol. The third kappa shape index (κ3) is 3.16. The van der Waals surface area contributed by atoms with Crippen molar-refractivity contribution < 1.29 is 9.90 Å². The molecule has 3 rings (SSSR count). The zero-order chi connectivity index (χ0) is 17.3. The van der Waals surface area contributed by atoms with E-state index < -0.39 is 12.0 Å². The lowest BCUT2D eigenvalue weighted by Crippen LogP contribution is -2.28. The van der Waals surface area contributed by atoms with Gasteiger partial charge in [-0.2, -0.15) is 0 Å². The van der Waals surface area contributed by atoms with E-state index in [0.29, 0.717) is 17.8 Å². The van der Waals surface area contributed by atoms with Gasteiger partial charge in [-0.15, -0.1) is 5.10 Å². The summed E-state index contributed by atoms with van der Waals surface area (Å²) >= 11 is 0. The Morgan fingerprint density at radius 3 is 2.79 bits per heavy atom. The fourth-order valence-corrected chi connectivity index (χ4v) is 2.58. The summed E-state index contributed by atoms with van der Waals surface area (Å²) in [5.74, 6) is -0.928. The first-order valence-electron chi connectivity index (χ1n) is 7.80. The largest absolute Gasteiger partial charge is 0.480 e. The number of aromatic nitrogens is 4. The minimum Gasteiger partial charge on any atom is -0.480 e. The van der Waals surface area contributed by atoms with E-state index in [-0.39, 0.29) is 5.54 Å². The second kappa shape index (κ2) is 6.09. The highest BCUT2D eigenvalue weighted by atomic mass is 16.4. The molecule has 7 nitrogen and oxygen atoms in total. The molecule has 0 fully saturated rings. The third-order valence-corrected chi connectivity index (χ3v) is 3.89. The van der Waals surface area contributed by atoms with Crippen molar-refractivity contribution >= 4 is 16.9 Å². The molecule has 0 bridgehead atoms. The van der Waals surface area contributed by atoms with Crippen LogP contribution >= 0.6 is 0 Å². The Morgan fingerprint density at radius 2 is 2.12 bits per heavy atom. The predicted octanol–water partition coefficient (Wildman–Crippen LogP) is 2.43. The van der Waals surface area contributed by atoms with Gasteiger partial charge in [0.05, 0.1) is 17.4 Å². The van der Waals surface area contributed by atoms with Gasteiger partial charge in [0, 0.05) is 29.2 Å². The molecule has 2 aromatic heterocycles. The van der Waals surface area contributed by atoms with E-state index in [2.05, 4.69) is 20.6 Å². The molecular weight excluding hydrogens is 306 g/mol. The second-order valence-corrected chi connectivity index (χ2v) is 6.77. The molecule has 1 unspecified atom stereocenters. The van der Waals surface area contributed by atoms with E-state index >= 15 is 0 Å². The lowest BCUT2D eigenvalue weighted by Gasteiger charge is -2.17. The van der Waals surface area contributed by atoms with Crippen molar-refractivity contribution in [1.82, 2.24) is 25.3 Å². The summed E-state index contributed by atoms with van der Waals surface area (Å²) in [6.45, 7) is 6.42. The number of carboxylic acids is 1. The maximum atomic E-state index is 11.7. The van der Waals surface area contributed by atoms with Crippen molar-refractivity contribution in [3.8, 4) is 0 Å². The van der Waals surface area contributed by atoms with Gasteiger partial charge in [-0.1, -0.05) is 23.4 Å². The van der Waals surface area contributed by atoms with E-state index in [0.717, 1.165) is 10.9 Å². The number of fused-ring (bicyclic) bond motifs is 1. The van der Waals surface area contributed by atoms with Gasteiger partial charge < -0.3 is 10.1 Å². The topological polar surface area (TPSA) is 95.8 Å². The first-order valence-corrected chi connectivity index (χ1v) is 7.80. The van der Waals surface area contributed by atoms with Gasteiger partial charge in [-0.05, 0) is 26.8 Å². The van der Waals surface area contributed by atoms with Crippen LogP contribution < -0.4 is 5.32 Å². The number of para-hydroxylation sites is 1. The highest BCUT2D eigenvalue weighted by molar-refractivity contribution is 5.89. The van der Waals surface area contributed by atoms with Crippen LogP contribution in [0.3, 0.4) is 0 Å². The lowest BCUT2D eigenvalue weighted by atomic mass is 10.1. The van der Waals surface area contributed by atoms with Crippen LogP contribution in [-0.2, 0) is 16.9 Å². The number of rotatable bonds is 5. The fourth-order valence-electron chi connectivity index (χ4n) is 2.58. The van der Waals surface area contributed by atoms with Gasteiger partial charge >= 0.3 is 5.97 Å². The van der Waals surface area contributed by atoms with Crippen LogP contribution in [0.25, 0.3) is 10.9 Å². The molecule has 0 radical (unpaired) electrons. The Hall–Kier alpha value is -2.67. The Bertz CT molecular complexity index is 859. The zero-order valence-corrected chi connectivity index (χ0v) is 13.9. The van der Waals surface area contributed by atoms with Crippen LogP contribution in [0.1, 0.15) is 38.1 Å². The van der Waals surface area contributed by atoms with Gasteiger partial charge in [-0.25, -0.2) is 4.68 Å². The molecule has 2 heterocycles. The summed E-state index contributed by atoms with van der Waals surface area (Å²) in [7, 11) is 0. The number of H-pyrrole nitrogens is 1. The molecule has 0 aliphatic rings. The van der Waals surface area contributed by atoms with E-state index in [4.69, 9.17) is 0 Å². The predicted molar refractivity (Wildman–Crippen MR) is 90.5 cm³/mol. The van der Waals surface area contributed by atoms with E-state index in [1.54, 1.807) is 10.9 Å². The molecule has 3 N–H and O–H groups in total. The van der Waals surface area contributed by atoms with E-state index in [9.17, 15) is 9.90 Å². The molecule has 7 heteroatoms. The van der Waals surface area contributed by atoms with Crippen LogP contribution in [0.5, 0.6) is 0 Å². The molecule has 0 aliphatic carbocycles. The van der Waals surface area contributed by atoms with Crippen molar-refractivity contribution in [2.75, 3.05) is 0 Å². The summed E-state index contributed by atoms with van der Waals surface area (Å²) in [6, 6.07) is 6.83. The number of nitrogens with zero attached hydrogens (tertiary/aromatic N) is 3. The average molecular weight is 327 g/mol. The van der Waals surface area contributed by atoms with Crippen molar-refractivity contribution in [2.45, 2.75) is 38.9 Å². The molecule has 0 spiro atoms.